The Balaban J connectivity index is 1.97. The van der Waals surface area contributed by atoms with Crippen LogP contribution in [0.3, 0.4) is 0 Å². The quantitative estimate of drug-likeness (QED) is 0.858. The van der Waals surface area contributed by atoms with Gasteiger partial charge < -0.3 is 19.3 Å². The molecule has 1 aliphatic heterocycles. The van der Waals surface area contributed by atoms with E-state index >= 15 is 0 Å². The van der Waals surface area contributed by atoms with Gasteiger partial charge in [-0.05, 0) is 0 Å². The van der Waals surface area contributed by atoms with Crippen LogP contribution in [0.4, 0.5) is 19.2 Å². The molecule has 1 aliphatic rings. The molecule has 1 amide bonds. The lowest BCUT2D eigenvalue weighted by Gasteiger charge is -2.33. The van der Waals surface area contributed by atoms with Crippen LogP contribution in [-0.2, 0) is 4.79 Å². The van der Waals surface area contributed by atoms with E-state index in [1.54, 1.807) is 0 Å². The lowest BCUT2D eigenvalue weighted by atomic mass is 10.3. The molecule has 0 saturated carbocycles. The van der Waals surface area contributed by atoms with Gasteiger partial charge in [-0.1, -0.05) is 0 Å². The maximum Gasteiger partial charge on any atom is 0.471 e. The van der Waals surface area contributed by atoms with Crippen molar-refractivity contribution in [2.75, 3.05) is 31.1 Å². The van der Waals surface area contributed by atoms with Crippen LogP contribution in [0.15, 0.2) is 10.7 Å². The molecular weight excluding hydrogens is 283 g/mol. The minimum absolute atomic E-state index is 0.0153. The maximum absolute atomic E-state index is 12.2. The van der Waals surface area contributed by atoms with E-state index in [0.29, 0.717) is 4.90 Å². The van der Waals surface area contributed by atoms with E-state index in [0.717, 1.165) is 6.26 Å². The minimum Gasteiger partial charge on any atom is -0.476 e. The zero-order chi connectivity index (χ0) is 14.9. The van der Waals surface area contributed by atoms with Gasteiger partial charge in [-0.25, -0.2) is 4.79 Å². The Hall–Kier alpha value is -2.26. The van der Waals surface area contributed by atoms with Crippen LogP contribution in [0.1, 0.15) is 10.5 Å². The summed E-state index contributed by atoms with van der Waals surface area (Å²) < 4.78 is 41.7. The minimum atomic E-state index is -4.89. The second kappa shape index (κ2) is 5.02. The van der Waals surface area contributed by atoms with E-state index in [1.807, 2.05) is 0 Å². The highest BCUT2D eigenvalue weighted by Gasteiger charge is 2.43. The van der Waals surface area contributed by atoms with Crippen molar-refractivity contribution < 1.29 is 32.3 Å². The van der Waals surface area contributed by atoms with Gasteiger partial charge in [0.2, 0.25) is 0 Å². The van der Waals surface area contributed by atoms with E-state index in [4.69, 9.17) is 9.52 Å². The molecule has 10 heteroatoms. The van der Waals surface area contributed by atoms with Crippen molar-refractivity contribution in [3.05, 3.63) is 12.0 Å². The third-order valence-corrected chi connectivity index (χ3v) is 2.79. The van der Waals surface area contributed by atoms with Gasteiger partial charge in [0.25, 0.3) is 6.01 Å². The van der Waals surface area contributed by atoms with Crippen LogP contribution in [0.25, 0.3) is 0 Å². The van der Waals surface area contributed by atoms with E-state index in [9.17, 15) is 22.8 Å². The Kier molecular flexibility index (Phi) is 3.55. The lowest BCUT2D eigenvalue weighted by Crippen LogP contribution is -2.52. The summed E-state index contributed by atoms with van der Waals surface area (Å²) in [6.45, 7) is -0.102. The fourth-order valence-corrected chi connectivity index (χ4v) is 1.79. The highest BCUT2D eigenvalue weighted by molar-refractivity contribution is 5.85. The Bertz CT molecular complexity index is 520. The van der Waals surface area contributed by atoms with Crippen LogP contribution < -0.4 is 4.90 Å². The van der Waals surface area contributed by atoms with Gasteiger partial charge in [-0.2, -0.15) is 18.2 Å². The highest BCUT2D eigenvalue weighted by atomic mass is 19.4. The molecule has 110 valence electrons. The van der Waals surface area contributed by atoms with Crippen molar-refractivity contribution in [3.63, 3.8) is 0 Å². The molecule has 0 atom stereocenters. The first-order chi connectivity index (χ1) is 9.29. The topological polar surface area (TPSA) is 86.9 Å². The molecule has 1 saturated heterocycles. The molecule has 0 unspecified atom stereocenters. The van der Waals surface area contributed by atoms with Crippen molar-refractivity contribution >= 4 is 17.9 Å². The molecule has 0 spiro atoms. The van der Waals surface area contributed by atoms with Gasteiger partial charge in [0.1, 0.15) is 6.26 Å². The third-order valence-electron chi connectivity index (χ3n) is 2.79. The zero-order valence-corrected chi connectivity index (χ0v) is 10.1. The predicted molar refractivity (Wildman–Crippen MR) is 58.3 cm³/mol. The number of nitrogens with zero attached hydrogens (tertiary/aromatic N) is 3. The number of piperazine rings is 1. The molecule has 0 aromatic carbocycles. The van der Waals surface area contributed by atoms with Crippen LogP contribution in [0, 0.1) is 0 Å². The second-order valence-corrected chi connectivity index (χ2v) is 4.10. The van der Waals surface area contributed by atoms with Crippen molar-refractivity contribution in [1.82, 2.24) is 9.88 Å². The number of halogens is 3. The summed E-state index contributed by atoms with van der Waals surface area (Å²) in [5, 5.41) is 8.68. The summed E-state index contributed by atoms with van der Waals surface area (Å²) in [5.74, 6) is -3.14. The number of alkyl halides is 3. The monoisotopic (exact) mass is 293 g/mol. The van der Waals surface area contributed by atoms with E-state index < -0.39 is 18.1 Å². The Labute approximate surface area is 110 Å². The summed E-state index contributed by atoms with van der Waals surface area (Å²) in [4.78, 5) is 27.5. The molecule has 2 heterocycles. The molecule has 7 nitrogen and oxygen atoms in total. The van der Waals surface area contributed by atoms with E-state index in [1.165, 1.54) is 4.90 Å². The molecule has 1 fully saturated rings. The SMILES string of the molecule is O=C(O)c1coc(N2CCN(C(=O)C(F)(F)F)CC2)n1. The fraction of sp³-hybridized carbons (Fsp3) is 0.500. The standard InChI is InChI=1S/C10H10F3N3O4/c11-10(12,13)8(19)15-1-3-16(4-2-15)9-14-6(5-20-9)7(17)18/h5H,1-4H2,(H,17,18). The smallest absolute Gasteiger partial charge is 0.471 e. The second-order valence-electron chi connectivity index (χ2n) is 4.10. The molecule has 1 aromatic rings. The Morgan fingerprint density at radius 1 is 1.25 bits per heavy atom. The number of carbonyl (C=O) groups excluding carboxylic acids is 1. The summed E-state index contributed by atoms with van der Waals surface area (Å²) in [7, 11) is 0. The average molecular weight is 293 g/mol. The summed E-state index contributed by atoms with van der Waals surface area (Å²) in [6, 6.07) is 0.0153. The fourth-order valence-electron chi connectivity index (χ4n) is 1.79. The Morgan fingerprint density at radius 2 is 1.85 bits per heavy atom. The first-order valence-corrected chi connectivity index (χ1v) is 5.59. The lowest BCUT2D eigenvalue weighted by molar-refractivity contribution is -0.185. The molecule has 1 aromatic heterocycles. The van der Waals surface area contributed by atoms with Gasteiger partial charge in [-0.3, -0.25) is 4.79 Å². The van der Waals surface area contributed by atoms with Gasteiger partial charge >= 0.3 is 18.1 Å². The summed E-state index contributed by atoms with van der Waals surface area (Å²) in [6.07, 6.45) is -3.94. The van der Waals surface area contributed by atoms with Crippen molar-refractivity contribution in [2.45, 2.75) is 6.18 Å². The van der Waals surface area contributed by atoms with Crippen molar-refractivity contribution in [2.24, 2.45) is 0 Å². The average Bonchev–Trinajstić information content (AvgIpc) is 2.86. The molecule has 2 rings (SSSR count). The number of rotatable bonds is 2. The number of hydrogen-bond acceptors (Lipinski definition) is 5. The highest BCUT2D eigenvalue weighted by Crippen LogP contribution is 2.21. The molecule has 20 heavy (non-hydrogen) atoms. The normalized spacial score (nSPS) is 16.4. The van der Waals surface area contributed by atoms with Crippen LogP contribution in [-0.4, -0.2) is 59.2 Å². The van der Waals surface area contributed by atoms with Gasteiger partial charge in [0.05, 0.1) is 0 Å². The first-order valence-electron chi connectivity index (χ1n) is 5.59. The first kappa shape index (κ1) is 14.2. The van der Waals surface area contributed by atoms with Gasteiger partial charge in [-0.15, -0.1) is 0 Å². The van der Waals surface area contributed by atoms with Crippen LogP contribution in [0.5, 0.6) is 0 Å². The zero-order valence-electron chi connectivity index (χ0n) is 10.1. The third kappa shape index (κ3) is 2.83. The van der Waals surface area contributed by atoms with Crippen molar-refractivity contribution in [1.29, 1.82) is 0 Å². The molecule has 1 N–H and O–H groups in total. The Morgan fingerprint density at radius 3 is 2.30 bits per heavy atom. The molecular formula is C10H10F3N3O4. The molecule has 0 bridgehead atoms. The predicted octanol–water partition coefficient (Wildman–Crippen LogP) is 0.584. The number of anilines is 1. The summed E-state index contributed by atoms with van der Waals surface area (Å²) in [5.41, 5.74) is -0.284. The molecule has 0 aliphatic carbocycles. The molecule has 0 radical (unpaired) electrons. The van der Waals surface area contributed by atoms with E-state index in [2.05, 4.69) is 4.98 Å². The number of oxazole rings is 1. The van der Waals surface area contributed by atoms with Gasteiger partial charge in [0.15, 0.2) is 5.69 Å². The summed E-state index contributed by atoms with van der Waals surface area (Å²) >= 11 is 0. The van der Waals surface area contributed by atoms with Crippen LogP contribution in [0.2, 0.25) is 0 Å². The number of carboxylic acid groups (broad SMARTS) is 1. The number of aromatic carboxylic acids is 1. The number of amides is 1. The van der Waals surface area contributed by atoms with Crippen molar-refractivity contribution in [3.8, 4) is 0 Å². The number of aromatic nitrogens is 1. The number of carboxylic acids is 1. The van der Waals surface area contributed by atoms with E-state index in [-0.39, 0.29) is 37.9 Å². The van der Waals surface area contributed by atoms with Gasteiger partial charge in [0, 0.05) is 26.2 Å². The maximum atomic E-state index is 12.2. The van der Waals surface area contributed by atoms with Crippen LogP contribution >= 0.6 is 0 Å². The number of carbonyl (C=O) groups is 2. The number of hydrogen-bond donors (Lipinski definition) is 1. The largest absolute Gasteiger partial charge is 0.476 e.